The normalized spacial score (nSPS) is 10.7. The molecule has 0 radical (unpaired) electrons. The SMILES string of the molecule is Cc1noc(C)c1CCC(=O)Nc1ncc(-c2cnccn2)s1. The molecule has 0 unspecified atom stereocenters. The lowest BCUT2D eigenvalue weighted by Crippen LogP contribution is -2.12. The number of carbonyl (C=O) groups excluding carboxylic acids is 1. The molecule has 1 amide bonds. The van der Waals surface area contributed by atoms with E-state index in [9.17, 15) is 4.79 Å². The molecule has 3 rings (SSSR count). The van der Waals surface area contributed by atoms with Gasteiger partial charge in [0.1, 0.15) is 11.5 Å². The standard InChI is InChI=1S/C15H15N5O2S/c1-9-11(10(2)22-20-9)3-4-14(21)19-15-18-8-13(23-15)12-7-16-5-6-17-12/h5-8H,3-4H2,1-2H3,(H,18,19,21). The summed E-state index contributed by atoms with van der Waals surface area (Å²) in [5.74, 6) is 0.666. The first-order valence-electron chi connectivity index (χ1n) is 7.07. The van der Waals surface area contributed by atoms with Crippen LogP contribution in [0.3, 0.4) is 0 Å². The second-order valence-corrected chi connectivity index (χ2v) is 6.00. The van der Waals surface area contributed by atoms with Gasteiger partial charge in [0, 0.05) is 30.6 Å². The smallest absolute Gasteiger partial charge is 0.226 e. The maximum atomic E-state index is 12.1. The van der Waals surface area contributed by atoms with Crippen LogP contribution in [-0.2, 0) is 11.2 Å². The number of aromatic nitrogens is 4. The molecule has 7 nitrogen and oxygen atoms in total. The van der Waals surface area contributed by atoms with Crippen LogP contribution in [0, 0.1) is 13.8 Å². The van der Waals surface area contributed by atoms with Crippen LogP contribution in [0.5, 0.6) is 0 Å². The second kappa shape index (κ2) is 6.66. The summed E-state index contributed by atoms with van der Waals surface area (Å²) in [5.41, 5.74) is 2.55. The lowest BCUT2D eigenvalue weighted by Gasteiger charge is -2.01. The predicted octanol–water partition coefficient (Wildman–Crippen LogP) is 2.78. The van der Waals surface area contributed by atoms with Gasteiger partial charge in [-0.25, -0.2) is 4.98 Å². The molecular weight excluding hydrogens is 314 g/mol. The van der Waals surface area contributed by atoms with Crippen molar-refractivity contribution in [3.8, 4) is 10.6 Å². The average Bonchev–Trinajstić information content (AvgIpc) is 3.14. The van der Waals surface area contributed by atoms with Crippen molar-refractivity contribution in [1.29, 1.82) is 0 Å². The molecule has 3 heterocycles. The monoisotopic (exact) mass is 329 g/mol. The van der Waals surface area contributed by atoms with Gasteiger partial charge in [0.15, 0.2) is 5.13 Å². The number of rotatable bonds is 5. The number of hydrogen-bond acceptors (Lipinski definition) is 7. The van der Waals surface area contributed by atoms with Gasteiger partial charge in [-0.3, -0.25) is 14.8 Å². The Morgan fingerprint density at radius 1 is 1.26 bits per heavy atom. The molecule has 0 aromatic carbocycles. The van der Waals surface area contributed by atoms with Gasteiger partial charge in [0.05, 0.1) is 16.8 Å². The van der Waals surface area contributed by atoms with Crippen LogP contribution in [0.4, 0.5) is 5.13 Å². The molecule has 0 spiro atoms. The Hall–Kier alpha value is -2.61. The summed E-state index contributed by atoms with van der Waals surface area (Å²) in [4.78, 5) is 25.3. The van der Waals surface area contributed by atoms with E-state index in [0.29, 0.717) is 18.0 Å². The van der Waals surface area contributed by atoms with Crippen LogP contribution in [0.1, 0.15) is 23.4 Å². The molecule has 0 fully saturated rings. The van der Waals surface area contributed by atoms with Crippen LogP contribution in [-0.4, -0.2) is 26.0 Å². The van der Waals surface area contributed by atoms with Gasteiger partial charge in [0.2, 0.25) is 5.91 Å². The molecule has 8 heteroatoms. The molecule has 0 aliphatic carbocycles. The zero-order valence-corrected chi connectivity index (χ0v) is 13.6. The van der Waals surface area contributed by atoms with Crippen molar-refractivity contribution < 1.29 is 9.32 Å². The molecule has 1 N–H and O–H groups in total. The van der Waals surface area contributed by atoms with Crippen molar-refractivity contribution in [1.82, 2.24) is 20.1 Å². The molecule has 0 bridgehead atoms. The molecule has 0 aliphatic rings. The zero-order valence-electron chi connectivity index (χ0n) is 12.7. The Morgan fingerprint density at radius 2 is 2.13 bits per heavy atom. The summed E-state index contributed by atoms with van der Waals surface area (Å²) in [6.45, 7) is 3.72. The third-order valence-corrected chi connectivity index (χ3v) is 4.29. The number of aryl methyl sites for hydroxylation is 2. The fourth-order valence-corrected chi connectivity index (χ4v) is 2.95. The highest BCUT2D eigenvalue weighted by Crippen LogP contribution is 2.26. The Morgan fingerprint density at radius 3 is 2.83 bits per heavy atom. The highest BCUT2D eigenvalue weighted by Gasteiger charge is 2.13. The van der Waals surface area contributed by atoms with E-state index >= 15 is 0 Å². The predicted molar refractivity (Wildman–Crippen MR) is 86.1 cm³/mol. The molecule has 3 aromatic heterocycles. The lowest BCUT2D eigenvalue weighted by molar-refractivity contribution is -0.116. The van der Waals surface area contributed by atoms with E-state index in [-0.39, 0.29) is 5.91 Å². The fraction of sp³-hybridized carbons (Fsp3) is 0.267. The van der Waals surface area contributed by atoms with Gasteiger partial charge in [-0.1, -0.05) is 16.5 Å². The third-order valence-electron chi connectivity index (χ3n) is 3.35. The van der Waals surface area contributed by atoms with Gasteiger partial charge in [-0.15, -0.1) is 0 Å². The highest BCUT2D eigenvalue weighted by molar-refractivity contribution is 7.19. The van der Waals surface area contributed by atoms with Crippen molar-refractivity contribution in [3.63, 3.8) is 0 Å². The topological polar surface area (TPSA) is 93.8 Å². The Labute approximate surface area is 136 Å². The molecular formula is C15H15N5O2S. The maximum absolute atomic E-state index is 12.1. The van der Waals surface area contributed by atoms with E-state index in [2.05, 4.69) is 25.4 Å². The van der Waals surface area contributed by atoms with E-state index in [1.807, 2.05) is 13.8 Å². The van der Waals surface area contributed by atoms with Crippen LogP contribution in [0.15, 0.2) is 29.3 Å². The van der Waals surface area contributed by atoms with Gasteiger partial charge in [-0.05, 0) is 20.3 Å². The molecule has 23 heavy (non-hydrogen) atoms. The zero-order chi connectivity index (χ0) is 16.2. The van der Waals surface area contributed by atoms with E-state index in [4.69, 9.17) is 4.52 Å². The van der Waals surface area contributed by atoms with E-state index in [0.717, 1.165) is 27.6 Å². The Kier molecular flexibility index (Phi) is 4.42. The number of nitrogens with zero attached hydrogens (tertiary/aromatic N) is 4. The lowest BCUT2D eigenvalue weighted by atomic mass is 10.1. The Bertz CT molecular complexity index is 793. The van der Waals surface area contributed by atoms with E-state index in [1.54, 1.807) is 24.8 Å². The summed E-state index contributed by atoms with van der Waals surface area (Å²) < 4.78 is 5.09. The van der Waals surface area contributed by atoms with Gasteiger partial charge in [-0.2, -0.15) is 0 Å². The maximum Gasteiger partial charge on any atom is 0.226 e. The van der Waals surface area contributed by atoms with Crippen molar-refractivity contribution in [2.24, 2.45) is 0 Å². The van der Waals surface area contributed by atoms with Crippen molar-refractivity contribution in [2.45, 2.75) is 26.7 Å². The van der Waals surface area contributed by atoms with E-state index < -0.39 is 0 Å². The average molecular weight is 329 g/mol. The number of thiazole rings is 1. The molecule has 0 saturated heterocycles. The largest absolute Gasteiger partial charge is 0.361 e. The molecule has 3 aromatic rings. The number of hydrogen-bond donors (Lipinski definition) is 1. The molecule has 0 atom stereocenters. The first kappa shape index (κ1) is 15.3. The summed E-state index contributed by atoms with van der Waals surface area (Å²) >= 11 is 1.37. The van der Waals surface area contributed by atoms with Gasteiger partial charge in [0.25, 0.3) is 0 Å². The Balaban J connectivity index is 1.59. The number of amides is 1. The minimum Gasteiger partial charge on any atom is -0.361 e. The molecule has 118 valence electrons. The molecule has 0 aliphatic heterocycles. The van der Waals surface area contributed by atoms with Crippen LogP contribution < -0.4 is 5.32 Å². The van der Waals surface area contributed by atoms with Crippen molar-refractivity contribution in [3.05, 3.63) is 41.8 Å². The number of anilines is 1. The van der Waals surface area contributed by atoms with Crippen LogP contribution >= 0.6 is 11.3 Å². The first-order valence-corrected chi connectivity index (χ1v) is 7.89. The minimum atomic E-state index is -0.0926. The van der Waals surface area contributed by atoms with Gasteiger partial charge < -0.3 is 9.84 Å². The highest BCUT2D eigenvalue weighted by atomic mass is 32.1. The fourth-order valence-electron chi connectivity index (χ4n) is 2.16. The second-order valence-electron chi connectivity index (χ2n) is 4.97. The van der Waals surface area contributed by atoms with E-state index in [1.165, 1.54) is 11.3 Å². The summed E-state index contributed by atoms with van der Waals surface area (Å²) in [6, 6.07) is 0. The minimum absolute atomic E-state index is 0.0926. The third kappa shape index (κ3) is 3.59. The first-order chi connectivity index (χ1) is 11.1. The van der Waals surface area contributed by atoms with Crippen molar-refractivity contribution in [2.75, 3.05) is 5.32 Å². The summed E-state index contributed by atoms with van der Waals surface area (Å²) in [6.07, 6.45) is 7.52. The number of nitrogens with one attached hydrogen (secondary N) is 1. The molecule has 0 saturated carbocycles. The van der Waals surface area contributed by atoms with Crippen LogP contribution in [0.2, 0.25) is 0 Å². The quantitative estimate of drug-likeness (QED) is 0.773. The summed E-state index contributed by atoms with van der Waals surface area (Å²) in [7, 11) is 0. The van der Waals surface area contributed by atoms with Crippen LogP contribution in [0.25, 0.3) is 10.6 Å². The van der Waals surface area contributed by atoms with Crippen molar-refractivity contribution >= 4 is 22.4 Å². The van der Waals surface area contributed by atoms with Gasteiger partial charge >= 0.3 is 0 Å². The number of carbonyl (C=O) groups is 1. The summed E-state index contributed by atoms with van der Waals surface area (Å²) in [5, 5.41) is 7.24.